The Balaban J connectivity index is 1.28. The number of hydrogen-bond acceptors (Lipinski definition) is 3. The summed E-state index contributed by atoms with van der Waals surface area (Å²) in [6.07, 6.45) is 17.4. The summed E-state index contributed by atoms with van der Waals surface area (Å²) in [5.41, 5.74) is 1.39. The highest BCUT2D eigenvalue weighted by atomic mass is 16.3. The number of fused-ring (bicyclic) bond motifs is 5. The van der Waals surface area contributed by atoms with Crippen molar-refractivity contribution >= 4 is 0 Å². The Morgan fingerprint density at radius 2 is 1.82 bits per heavy atom. The summed E-state index contributed by atoms with van der Waals surface area (Å²) in [6, 6.07) is 2.46. The van der Waals surface area contributed by atoms with Crippen LogP contribution in [0.4, 0.5) is 0 Å². The predicted molar refractivity (Wildman–Crippen MR) is 137 cm³/mol. The molecule has 34 heavy (non-hydrogen) atoms. The van der Waals surface area contributed by atoms with E-state index in [0.717, 1.165) is 81.5 Å². The molecule has 0 unspecified atom stereocenters. The first-order chi connectivity index (χ1) is 16.1. The first-order valence-electron chi connectivity index (χ1n) is 14.6. The molecule has 0 saturated heterocycles. The van der Waals surface area contributed by atoms with E-state index in [-0.39, 0.29) is 0 Å². The van der Waals surface area contributed by atoms with Gasteiger partial charge in [0.05, 0.1) is 23.2 Å². The second kappa shape index (κ2) is 8.62. The van der Waals surface area contributed by atoms with Gasteiger partial charge in [-0.1, -0.05) is 45.8 Å². The molecule has 4 saturated carbocycles. The van der Waals surface area contributed by atoms with Gasteiger partial charge in [-0.2, -0.15) is 5.26 Å². The quantitative estimate of drug-likeness (QED) is 0.407. The average Bonchev–Trinajstić information content (AvgIpc) is 3.15. The van der Waals surface area contributed by atoms with Crippen molar-refractivity contribution in [3.63, 3.8) is 0 Å². The normalized spacial score (nSPS) is 46.7. The Morgan fingerprint density at radius 3 is 2.47 bits per heavy atom. The summed E-state index contributed by atoms with van der Waals surface area (Å²) in [5, 5.41) is 31.4. The van der Waals surface area contributed by atoms with Crippen LogP contribution in [0.5, 0.6) is 0 Å². The molecule has 0 spiro atoms. The molecule has 3 nitrogen and oxygen atoms in total. The molecule has 5 aliphatic carbocycles. The standard InChI is InChI=1S/C31H49NO2/c1-5-31(34)18-17-28(3)22(19-31)8-9-23-25-11-10-24(29(25,4)16-13-26(23)28)21(2)7-12-27(33)30(20-32)14-6-15-30/h8,21,23-27,33-34H,5-7,9-19H2,1-4H3/t21-,23+,24-,25+,26+,27-,28+,29-,31+/m1/s1. The van der Waals surface area contributed by atoms with Gasteiger partial charge in [0.15, 0.2) is 0 Å². The van der Waals surface area contributed by atoms with Crippen LogP contribution in [-0.2, 0) is 0 Å². The molecule has 0 aromatic carbocycles. The van der Waals surface area contributed by atoms with Crippen molar-refractivity contribution in [1.82, 2.24) is 0 Å². The Labute approximate surface area is 208 Å². The maximum Gasteiger partial charge on any atom is 0.0832 e. The van der Waals surface area contributed by atoms with Crippen LogP contribution >= 0.6 is 0 Å². The molecule has 0 aliphatic heterocycles. The van der Waals surface area contributed by atoms with Crippen LogP contribution in [0, 0.1) is 57.2 Å². The molecule has 0 heterocycles. The fraction of sp³-hybridized carbons (Fsp3) is 0.903. The van der Waals surface area contributed by atoms with E-state index >= 15 is 0 Å². The SMILES string of the molecule is CC[C@]1(O)CC[C@@]2(C)C(=CC[C@H]3[C@@H]4CC[C@H]([C@H](C)CC[C@@H](O)C5(C#N)CCC5)[C@@]4(C)CC[C@@H]32)C1. The molecule has 0 aromatic heterocycles. The minimum Gasteiger partial charge on any atom is -0.391 e. The molecule has 0 aromatic rings. The number of nitriles is 1. The van der Waals surface area contributed by atoms with Crippen molar-refractivity contribution in [3.05, 3.63) is 11.6 Å². The van der Waals surface area contributed by atoms with Gasteiger partial charge in [-0.05, 0) is 124 Å². The monoisotopic (exact) mass is 467 g/mol. The number of hydrogen-bond donors (Lipinski definition) is 2. The number of allylic oxidation sites excluding steroid dienone is 1. The van der Waals surface area contributed by atoms with E-state index in [2.05, 4.69) is 39.8 Å². The van der Waals surface area contributed by atoms with Gasteiger partial charge < -0.3 is 10.2 Å². The van der Waals surface area contributed by atoms with Crippen molar-refractivity contribution < 1.29 is 10.2 Å². The molecular weight excluding hydrogens is 418 g/mol. The van der Waals surface area contributed by atoms with Crippen molar-refractivity contribution in [3.8, 4) is 6.07 Å². The summed E-state index contributed by atoms with van der Waals surface area (Å²) >= 11 is 0. The Hall–Kier alpha value is -0.850. The highest BCUT2D eigenvalue weighted by Gasteiger charge is 2.60. The molecule has 190 valence electrons. The molecule has 9 atom stereocenters. The summed E-state index contributed by atoms with van der Waals surface area (Å²) in [4.78, 5) is 0. The van der Waals surface area contributed by atoms with E-state index in [1.165, 1.54) is 32.1 Å². The largest absolute Gasteiger partial charge is 0.391 e. The summed E-state index contributed by atoms with van der Waals surface area (Å²) < 4.78 is 0. The lowest BCUT2D eigenvalue weighted by Gasteiger charge is -2.59. The van der Waals surface area contributed by atoms with Crippen LogP contribution in [0.2, 0.25) is 0 Å². The van der Waals surface area contributed by atoms with Gasteiger partial charge in [0.2, 0.25) is 0 Å². The van der Waals surface area contributed by atoms with Gasteiger partial charge in [-0.3, -0.25) is 0 Å². The zero-order valence-electron chi connectivity index (χ0n) is 22.3. The van der Waals surface area contributed by atoms with Gasteiger partial charge in [-0.15, -0.1) is 0 Å². The lowest BCUT2D eigenvalue weighted by Crippen LogP contribution is -2.52. The molecule has 0 bridgehead atoms. The molecule has 0 amide bonds. The lowest BCUT2D eigenvalue weighted by atomic mass is 9.46. The van der Waals surface area contributed by atoms with Crippen LogP contribution in [-0.4, -0.2) is 21.9 Å². The van der Waals surface area contributed by atoms with Crippen molar-refractivity contribution in [2.45, 2.75) is 129 Å². The van der Waals surface area contributed by atoms with Crippen LogP contribution in [0.3, 0.4) is 0 Å². The Kier molecular flexibility index (Phi) is 6.30. The van der Waals surface area contributed by atoms with E-state index in [0.29, 0.717) is 16.7 Å². The van der Waals surface area contributed by atoms with Crippen LogP contribution < -0.4 is 0 Å². The van der Waals surface area contributed by atoms with Crippen molar-refractivity contribution in [2.24, 2.45) is 45.8 Å². The molecule has 5 aliphatic rings. The van der Waals surface area contributed by atoms with Gasteiger partial charge in [0.1, 0.15) is 0 Å². The molecule has 4 fully saturated rings. The van der Waals surface area contributed by atoms with E-state index in [1.807, 2.05) is 0 Å². The van der Waals surface area contributed by atoms with Gasteiger partial charge in [0, 0.05) is 0 Å². The van der Waals surface area contributed by atoms with Gasteiger partial charge in [-0.25, -0.2) is 0 Å². The zero-order valence-corrected chi connectivity index (χ0v) is 22.3. The third-order valence-electron chi connectivity index (χ3n) is 12.7. The van der Waals surface area contributed by atoms with Crippen molar-refractivity contribution in [2.75, 3.05) is 0 Å². The molecule has 3 heteroatoms. The van der Waals surface area contributed by atoms with Crippen LogP contribution in [0.1, 0.15) is 118 Å². The number of rotatable bonds is 6. The number of aliphatic hydroxyl groups excluding tert-OH is 1. The third kappa shape index (κ3) is 3.64. The highest BCUT2D eigenvalue weighted by Crippen LogP contribution is 2.68. The van der Waals surface area contributed by atoms with E-state index in [4.69, 9.17) is 0 Å². The molecular formula is C31H49NO2. The van der Waals surface area contributed by atoms with Crippen molar-refractivity contribution in [1.29, 1.82) is 5.26 Å². The zero-order chi connectivity index (χ0) is 24.4. The lowest BCUT2D eigenvalue weighted by molar-refractivity contribution is -0.0763. The number of nitrogens with zero attached hydrogens (tertiary/aromatic N) is 1. The number of aliphatic hydroxyl groups is 2. The summed E-state index contributed by atoms with van der Waals surface area (Å²) in [6.45, 7) is 9.73. The maximum atomic E-state index is 11.0. The first-order valence-corrected chi connectivity index (χ1v) is 14.6. The van der Waals surface area contributed by atoms with E-state index in [1.54, 1.807) is 5.57 Å². The predicted octanol–water partition coefficient (Wildman–Crippen LogP) is 7.18. The minimum absolute atomic E-state index is 0.299. The second-order valence-electron chi connectivity index (χ2n) is 13.9. The molecule has 5 rings (SSSR count). The molecule has 2 N–H and O–H groups in total. The van der Waals surface area contributed by atoms with Crippen LogP contribution in [0.25, 0.3) is 0 Å². The smallest absolute Gasteiger partial charge is 0.0832 e. The van der Waals surface area contributed by atoms with Gasteiger partial charge >= 0.3 is 0 Å². The van der Waals surface area contributed by atoms with E-state index < -0.39 is 17.1 Å². The summed E-state index contributed by atoms with van der Waals surface area (Å²) in [7, 11) is 0. The average molecular weight is 468 g/mol. The first kappa shape index (κ1) is 24.8. The third-order valence-corrected chi connectivity index (χ3v) is 12.7. The Bertz CT molecular complexity index is 854. The van der Waals surface area contributed by atoms with E-state index in [9.17, 15) is 15.5 Å². The van der Waals surface area contributed by atoms with Crippen LogP contribution in [0.15, 0.2) is 11.6 Å². The minimum atomic E-state index is -0.469. The summed E-state index contributed by atoms with van der Waals surface area (Å²) in [5.74, 6) is 3.79. The maximum absolute atomic E-state index is 11.0. The second-order valence-corrected chi connectivity index (χ2v) is 13.9. The molecule has 0 radical (unpaired) electrons. The highest BCUT2D eigenvalue weighted by molar-refractivity contribution is 5.27. The fourth-order valence-electron chi connectivity index (χ4n) is 9.96. The van der Waals surface area contributed by atoms with Gasteiger partial charge in [0.25, 0.3) is 0 Å². The Morgan fingerprint density at radius 1 is 1.06 bits per heavy atom. The fourth-order valence-corrected chi connectivity index (χ4v) is 9.96. The topological polar surface area (TPSA) is 64.2 Å².